The number of carbonyl (C=O) groups is 3. The molecule has 2 rings (SSSR count). The highest BCUT2D eigenvalue weighted by atomic mass is 32.2. The minimum Gasteiger partial charge on any atom is -0.465 e. The van der Waals surface area contributed by atoms with Gasteiger partial charge >= 0.3 is 11.9 Å². The van der Waals surface area contributed by atoms with Crippen molar-refractivity contribution >= 4 is 35.3 Å². The quantitative estimate of drug-likeness (QED) is 0.602. The van der Waals surface area contributed by atoms with E-state index in [1.165, 1.54) is 44.2 Å². The third-order valence-corrected chi connectivity index (χ3v) is 4.92. The van der Waals surface area contributed by atoms with Crippen LogP contribution in [0.5, 0.6) is 0 Å². The fourth-order valence-corrected chi connectivity index (χ4v) is 3.30. The van der Waals surface area contributed by atoms with E-state index in [0.29, 0.717) is 5.69 Å². The van der Waals surface area contributed by atoms with Gasteiger partial charge in [0.1, 0.15) is 0 Å². The molecule has 0 aliphatic carbocycles. The number of hydrogen-bond donors (Lipinski definition) is 1. The van der Waals surface area contributed by atoms with Crippen molar-refractivity contribution in [1.82, 2.24) is 0 Å². The molecule has 0 atom stereocenters. The van der Waals surface area contributed by atoms with Gasteiger partial charge < -0.3 is 14.8 Å². The number of benzene rings is 2. The Morgan fingerprint density at radius 1 is 0.926 bits per heavy atom. The number of methoxy groups -OCH3 is 2. The molecule has 0 saturated carbocycles. The second-order valence-corrected chi connectivity index (χ2v) is 6.91. The van der Waals surface area contributed by atoms with E-state index in [-0.39, 0.29) is 22.8 Å². The van der Waals surface area contributed by atoms with Gasteiger partial charge in [0, 0.05) is 10.6 Å². The van der Waals surface area contributed by atoms with Crippen molar-refractivity contribution in [3.8, 4) is 0 Å². The van der Waals surface area contributed by atoms with Crippen LogP contribution < -0.4 is 5.32 Å². The summed E-state index contributed by atoms with van der Waals surface area (Å²) in [6.07, 6.45) is 0. The molecule has 0 aliphatic rings. The monoisotopic (exact) mass is 387 g/mol. The molecule has 7 heteroatoms. The number of anilines is 1. The van der Waals surface area contributed by atoms with Crippen LogP contribution in [0.4, 0.5) is 5.69 Å². The summed E-state index contributed by atoms with van der Waals surface area (Å²) in [6, 6.07) is 10.3. The van der Waals surface area contributed by atoms with E-state index in [1.807, 2.05) is 32.0 Å². The average molecular weight is 387 g/mol. The first kappa shape index (κ1) is 20.5. The Bertz CT molecular complexity index is 844. The van der Waals surface area contributed by atoms with Gasteiger partial charge in [0.2, 0.25) is 5.91 Å². The van der Waals surface area contributed by atoms with Crippen LogP contribution in [0.3, 0.4) is 0 Å². The fraction of sp³-hybridized carbons (Fsp3) is 0.250. The summed E-state index contributed by atoms with van der Waals surface area (Å²) in [5, 5.41) is 2.71. The molecule has 6 nitrogen and oxygen atoms in total. The SMILES string of the molecule is COC(=O)c1cc(NC(=O)CSc2cc(C)ccc2C)cc(C(=O)OC)c1. The molecule has 0 saturated heterocycles. The summed E-state index contributed by atoms with van der Waals surface area (Å²) < 4.78 is 9.37. The molecular weight excluding hydrogens is 366 g/mol. The smallest absolute Gasteiger partial charge is 0.337 e. The number of nitrogens with one attached hydrogen (secondary N) is 1. The van der Waals surface area contributed by atoms with Gasteiger partial charge in [-0.3, -0.25) is 4.79 Å². The Morgan fingerprint density at radius 3 is 2.07 bits per heavy atom. The lowest BCUT2D eigenvalue weighted by Gasteiger charge is -2.10. The van der Waals surface area contributed by atoms with Gasteiger partial charge in [-0.15, -0.1) is 11.8 Å². The summed E-state index contributed by atoms with van der Waals surface area (Å²) in [6.45, 7) is 3.98. The van der Waals surface area contributed by atoms with E-state index in [2.05, 4.69) is 14.8 Å². The maximum Gasteiger partial charge on any atom is 0.337 e. The van der Waals surface area contributed by atoms with Crippen LogP contribution in [-0.2, 0) is 14.3 Å². The first-order valence-corrected chi connectivity index (χ1v) is 9.14. The highest BCUT2D eigenvalue weighted by Gasteiger charge is 2.15. The number of rotatable bonds is 6. The van der Waals surface area contributed by atoms with E-state index in [4.69, 9.17) is 0 Å². The van der Waals surface area contributed by atoms with Crippen molar-refractivity contribution in [2.75, 3.05) is 25.3 Å². The van der Waals surface area contributed by atoms with Crippen LogP contribution in [0.1, 0.15) is 31.8 Å². The molecule has 0 unspecified atom stereocenters. The summed E-state index contributed by atoms with van der Waals surface area (Å²) in [5.74, 6) is -1.28. The molecule has 0 aromatic heterocycles. The van der Waals surface area contributed by atoms with Crippen molar-refractivity contribution in [2.24, 2.45) is 0 Å². The van der Waals surface area contributed by atoms with Gasteiger partial charge in [0.05, 0.1) is 31.1 Å². The normalized spacial score (nSPS) is 10.2. The van der Waals surface area contributed by atoms with Gasteiger partial charge in [0.15, 0.2) is 0 Å². The first-order chi connectivity index (χ1) is 12.8. The van der Waals surface area contributed by atoms with Crippen LogP contribution in [-0.4, -0.2) is 37.8 Å². The first-order valence-electron chi connectivity index (χ1n) is 8.15. The number of esters is 2. The van der Waals surface area contributed by atoms with E-state index in [1.54, 1.807) is 0 Å². The molecule has 2 aromatic rings. The molecule has 1 N–H and O–H groups in total. The van der Waals surface area contributed by atoms with Crippen LogP contribution in [0, 0.1) is 13.8 Å². The highest BCUT2D eigenvalue weighted by molar-refractivity contribution is 8.00. The highest BCUT2D eigenvalue weighted by Crippen LogP contribution is 2.24. The van der Waals surface area contributed by atoms with Crippen LogP contribution in [0.15, 0.2) is 41.3 Å². The van der Waals surface area contributed by atoms with Gasteiger partial charge in [-0.05, 0) is 43.7 Å². The van der Waals surface area contributed by atoms with Crippen molar-refractivity contribution in [3.63, 3.8) is 0 Å². The van der Waals surface area contributed by atoms with Crippen molar-refractivity contribution in [3.05, 3.63) is 58.7 Å². The Balaban J connectivity index is 2.15. The molecule has 0 radical (unpaired) electrons. The number of thioether (sulfide) groups is 1. The second-order valence-electron chi connectivity index (χ2n) is 5.89. The lowest BCUT2D eigenvalue weighted by Crippen LogP contribution is -2.16. The summed E-state index contributed by atoms with van der Waals surface area (Å²) in [4.78, 5) is 37.0. The predicted octanol–water partition coefficient (Wildman–Crippen LogP) is 3.61. The second kappa shape index (κ2) is 9.23. The summed E-state index contributed by atoms with van der Waals surface area (Å²) in [5.41, 5.74) is 2.84. The standard InChI is InChI=1S/C20H21NO5S/c1-12-5-6-13(2)17(7-12)27-11-18(22)21-16-9-14(19(23)25-3)8-15(10-16)20(24)26-4/h5-10H,11H2,1-4H3,(H,21,22). The van der Waals surface area contributed by atoms with Gasteiger partial charge in [0.25, 0.3) is 0 Å². The predicted molar refractivity (Wildman–Crippen MR) is 104 cm³/mol. The maximum absolute atomic E-state index is 12.3. The molecule has 1 amide bonds. The minimum absolute atomic E-state index is 0.151. The molecule has 27 heavy (non-hydrogen) atoms. The Labute approximate surface area is 162 Å². The van der Waals surface area contributed by atoms with E-state index < -0.39 is 11.9 Å². The molecule has 0 spiro atoms. The lowest BCUT2D eigenvalue weighted by molar-refractivity contribution is -0.113. The van der Waals surface area contributed by atoms with Crippen molar-refractivity contribution in [1.29, 1.82) is 0 Å². The zero-order valence-electron chi connectivity index (χ0n) is 15.6. The maximum atomic E-state index is 12.3. The molecule has 2 aromatic carbocycles. The molecular formula is C20H21NO5S. The number of aryl methyl sites for hydroxylation is 2. The molecule has 0 aliphatic heterocycles. The van der Waals surface area contributed by atoms with Gasteiger partial charge in [-0.1, -0.05) is 17.7 Å². The largest absolute Gasteiger partial charge is 0.465 e. The van der Waals surface area contributed by atoms with Crippen LogP contribution >= 0.6 is 11.8 Å². The number of carbonyl (C=O) groups excluding carboxylic acids is 3. The third kappa shape index (κ3) is 5.59. The summed E-state index contributed by atoms with van der Waals surface area (Å²) in [7, 11) is 2.48. The zero-order chi connectivity index (χ0) is 20.0. The number of ether oxygens (including phenoxy) is 2. The molecule has 0 bridgehead atoms. The number of hydrogen-bond acceptors (Lipinski definition) is 6. The zero-order valence-corrected chi connectivity index (χ0v) is 16.4. The Hall–Kier alpha value is -2.80. The Kier molecular flexibility index (Phi) is 7.01. The molecule has 0 heterocycles. The van der Waals surface area contributed by atoms with Crippen LogP contribution in [0.2, 0.25) is 0 Å². The van der Waals surface area contributed by atoms with E-state index in [9.17, 15) is 14.4 Å². The summed E-state index contributed by atoms with van der Waals surface area (Å²) >= 11 is 1.42. The minimum atomic E-state index is -0.610. The topological polar surface area (TPSA) is 81.7 Å². The fourth-order valence-electron chi connectivity index (χ4n) is 2.37. The van der Waals surface area contributed by atoms with Crippen molar-refractivity contribution < 1.29 is 23.9 Å². The van der Waals surface area contributed by atoms with Crippen LogP contribution in [0.25, 0.3) is 0 Å². The number of amides is 1. The van der Waals surface area contributed by atoms with E-state index in [0.717, 1.165) is 16.0 Å². The third-order valence-electron chi connectivity index (χ3n) is 3.76. The van der Waals surface area contributed by atoms with Crippen molar-refractivity contribution in [2.45, 2.75) is 18.7 Å². The van der Waals surface area contributed by atoms with E-state index >= 15 is 0 Å². The lowest BCUT2D eigenvalue weighted by atomic mass is 10.1. The molecule has 0 fully saturated rings. The molecule has 142 valence electrons. The Morgan fingerprint density at radius 2 is 1.52 bits per heavy atom. The average Bonchev–Trinajstić information content (AvgIpc) is 2.67. The van der Waals surface area contributed by atoms with Gasteiger partial charge in [-0.2, -0.15) is 0 Å². The van der Waals surface area contributed by atoms with Gasteiger partial charge in [-0.25, -0.2) is 9.59 Å².